The van der Waals surface area contributed by atoms with Crippen molar-refractivity contribution < 1.29 is 4.79 Å². The molecule has 17 heavy (non-hydrogen) atoms. The zero-order chi connectivity index (χ0) is 12.3. The first-order valence-electron chi connectivity index (χ1n) is 4.65. The first-order chi connectivity index (χ1) is 8.16. The molecule has 7 heteroatoms. The Morgan fingerprint density at radius 2 is 2.24 bits per heavy atom. The molecule has 0 radical (unpaired) electrons. The van der Waals surface area contributed by atoms with Gasteiger partial charge in [0, 0.05) is 4.88 Å². The topological polar surface area (TPSA) is 54.9 Å². The molecule has 4 nitrogen and oxygen atoms in total. The first-order valence-corrected chi connectivity index (χ1v) is 6.28. The maximum atomic E-state index is 11.7. The quantitative estimate of drug-likeness (QED) is 0.883. The van der Waals surface area contributed by atoms with Crippen molar-refractivity contribution in [3.63, 3.8) is 0 Å². The number of nitrogens with one attached hydrogen (secondary N) is 1. The number of thiophene rings is 1. The second-order valence-corrected chi connectivity index (χ2v) is 4.90. The fraction of sp³-hybridized carbons (Fsp3) is 0.100. The molecule has 0 spiro atoms. The van der Waals surface area contributed by atoms with Crippen LogP contribution in [0.15, 0.2) is 23.8 Å². The minimum Gasteiger partial charge on any atom is -0.309 e. The second kappa shape index (κ2) is 5.44. The summed E-state index contributed by atoms with van der Waals surface area (Å²) in [6, 6.07) is 3.78. The average Bonchev–Trinajstić information content (AvgIpc) is 2.77. The Morgan fingerprint density at radius 1 is 1.41 bits per heavy atom. The number of anilines is 1. The highest BCUT2D eigenvalue weighted by atomic mass is 35.5. The number of nitrogens with zero attached hydrogens (tertiary/aromatic N) is 2. The van der Waals surface area contributed by atoms with E-state index in [2.05, 4.69) is 15.3 Å². The van der Waals surface area contributed by atoms with E-state index >= 15 is 0 Å². The maximum Gasteiger partial charge on any atom is 0.230 e. The number of halogens is 2. The molecule has 0 saturated carbocycles. The van der Waals surface area contributed by atoms with E-state index in [1.165, 1.54) is 17.7 Å². The predicted octanol–water partition coefficient (Wildman–Crippen LogP) is 3.03. The van der Waals surface area contributed by atoms with Gasteiger partial charge in [-0.25, -0.2) is 9.97 Å². The third-order valence-corrected chi connectivity index (χ3v) is 3.54. The number of hydrogen-bond acceptors (Lipinski definition) is 4. The van der Waals surface area contributed by atoms with Crippen molar-refractivity contribution >= 4 is 46.3 Å². The molecule has 0 aliphatic carbocycles. The summed E-state index contributed by atoms with van der Waals surface area (Å²) in [6.45, 7) is 0. The Balaban J connectivity index is 2.06. The summed E-state index contributed by atoms with van der Waals surface area (Å²) < 4.78 is 0. The van der Waals surface area contributed by atoms with E-state index in [9.17, 15) is 4.79 Å². The minimum atomic E-state index is -0.191. The van der Waals surface area contributed by atoms with Gasteiger partial charge in [-0.15, -0.1) is 11.3 Å². The predicted molar refractivity (Wildman–Crippen MR) is 68.7 cm³/mol. The molecular weight excluding hydrogens is 281 g/mol. The molecule has 0 aliphatic rings. The molecule has 1 amide bonds. The number of rotatable bonds is 3. The summed E-state index contributed by atoms with van der Waals surface area (Å²) >= 11 is 13.1. The molecule has 0 aliphatic heterocycles. The summed E-state index contributed by atoms with van der Waals surface area (Å²) in [5, 5.41) is 4.77. The van der Waals surface area contributed by atoms with Crippen LogP contribution in [0.1, 0.15) is 4.88 Å². The van der Waals surface area contributed by atoms with Crippen LogP contribution in [0, 0.1) is 0 Å². The fourth-order valence-electron chi connectivity index (χ4n) is 1.18. The number of aromatic nitrogens is 2. The summed E-state index contributed by atoms with van der Waals surface area (Å²) in [6.07, 6.45) is 1.53. The smallest absolute Gasteiger partial charge is 0.230 e. The summed E-state index contributed by atoms with van der Waals surface area (Å²) in [4.78, 5) is 20.2. The van der Waals surface area contributed by atoms with Gasteiger partial charge < -0.3 is 5.32 Å². The highest BCUT2D eigenvalue weighted by Crippen LogP contribution is 2.25. The highest BCUT2D eigenvalue weighted by molar-refractivity contribution is 7.10. The van der Waals surface area contributed by atoms with Crippen LogP contribution in [-0.2, 0) is 11.2 Å². The van der Waals surface area contributed by atoms with E-state index in [1.807, 2.05) is 17.5 Å². The van der Waals surface area contributed by atoms with Gasteiger partial charge in [-0.05, 0) is 11.4 Å². The van der Waals surface area contributed by atoms with Crippen LogP contribution in [0.25, 0.3) is 0 Å². The van der Waals surface area contributed by atoms with Crippen molar-refractivity contribution in [1.82, 2.24) is 9.97 Å². The first kappa shape index (κ1) is 12.3. The van der Waals surface area contributed by atoms with Crippen LogP contribution >= 0.6 is 34.5 Å². The lowest BCUT2D eigenvalue weighted by atomic mass is 10.3. The number of carbonyl (C=O) groups is 1. The van der Waals surface area contributed by atoms with E-state index in [4.69, 9.17) is 23.2 Å². The van der Waals surface area contributed by atoms with Crippen molar-refractivity contribution in [1.29, 1.82) is 0 Å². The van der Waals surface area contributed by atoms with Crippen LogP contribution < -0.4 is 5.32 Å². The van der Waals surface area contributed by atoms with Gasteiger partial charge in [0.05, 0.1) is 6.42 Å². The summed E-state index contributed by atoms with van der Waals surface area (Å²) in [5.74, 6) is 0.0392. The van der Waals surface area contributed by atoms with Gasteiger partial charge in [0.2, 0.25) is 5.91 Å². The largest absolute Gasteiger partial charge is 0.309 e. The van der Waals surface area contributed by atoms with E-state index in [0.29, 0.717) is 0 Å². The second-order valence-electron chi connectivity index (χ2n) is 3.13. The number of carbonyl (C=O) groups excluding carboxylic acids is 1. The Morgan fingerprint density at radius 3 is 2.94 bits per heavy atom. The van der Waals surface area contributed by atoms with Crippen LogP contribution in [0.3, 0.4) is 0 Å². The lowest BCUT2D eigenvalue weighted by molar-refractivity contribution is -0.115. The van der Waals surface area contributed by atoms with E-state index in [-0.39, 0.29) is 28.3 Å². The van der Waals surface area contributed by atoms with Gasteiger partial charge >= 0.3 is 0 Å². The van der Waals surface area contributed by atoms with Crippen LogP contribution in [0.4, 0.5) is 5.82 Å². The Hall–Kier alpha value is -1.17. The maximum absolute atomic E-state index is 11.7. The molecule has 88 valence electrons. The fourth-order valence-corrected chi connectivity index (χ4v) is 2.16. The minimum absolute atomic E-state index is 0.119. The van der Waals surface area contributed by atoms with Gasteiger partial charge in [-0.1, -0.05) is 29.3 Å². The normalized spacial score (nSPS) is 10.2. The third-order valence-electron chi connectivity index (χ3n) is 1.92. The Bertz CT molecular complexity index is 530. The molecule has 0 aromatic carbocycles. The van der Waals surface area contributed by atoms with E-state index in [1.54, 1.807) is 0 Å². The zero-order valence-electron chi connectivity index (χ0n) is 8.48. The Labute approximate surface area is 112 Å². The van der Waals surface area contributed by atoms with Crippen LogP contribution in [-0.4, -0.2) is 15.9 Å². The monoisotopic (exact) mass is 287 g/mol. The van der Waals surface area contributed by atoms with Crippen LogP contribution in [0.5, 0.6) is 0 Å². The molecule has 2 aromatic heterocycles. The third kappa shape index (κ3) is 3.15. The molecular formula is C10H7Cl2N3OS. The zero-order valence-corrected chi connectivity index (χ0v) is 10.8. The van der Waals surface area contributed by atoms with Gasteiger partial charge in [-0.2, -0.15) is 0 Å². The number of hydrogen-bond donors (Lipinski definition) is 1. The van der Waals surface area contributed by atoms with Crippen molar-refractivity contribution in [2.24, 2.45) is 0 Å². The Kier molecular flexibility index (Phi) is 3.93. The molecule has 0 bridgehead atoms. The molecule has 0 fully saturated rings. The van der Waals surface area contributed by atoms with Crippen molar-refractivity contribution in [3.05, 3.63) is 38.9 Å². The highest BCUT2D eigenvalue weighted by Gasteiger charge is 2.11. The molecule has 0 unspecified atom stereocenters. The van der Waals surface area contributed by atoms with E-state index in [0.717, 1.165) is 4.88 Å². The number of amides is 1. The molecule has 2 aromatic rings. The SMILES string of the molecule is O=C(Cc1cccs1)Nc1ncnc(Cl)c1Cl. The van der Waals surface area contributed by atoms with Crippen molar-refractivity contribution in [2.45, 2.75) is 6.42 Å². The standard InChI is InChI=1S/C10H7Cl2N3OS/c11-8-9(12)13-5-14-10(8)15-7(16)4-6-2-1-3-17-6/h1-3,5H,4H2,(H,13,14,15,16). The van der Waals surface area contributed by atoms with E-state index < -0.39 is 0 Å². The molecule has 2 heterocycles. The van der Waals surface area contributed by atoms with Crippen LogP contribution in [0.2, 0.25) is 10.2 Å². The van der Waals surface area contributed by atoms with Gasteiger partial charge in [-0.3, -0.25) is 4.79 Å². The summed E-state index contributed by atoms with van der Waals surface area (Å²) in [5.41, 5.74) is 0. The van der Waals surface area contributed by atoms with Crippen molar-refractivity contribution in [3.8, 4) is 0 Å². The lowest BCUT2D eigenvalue weighted by Gasteiger charge is -2.05. The molecule has 0 saturated heterocycles. The molecule has 2 rings (SSSR count). The van der Waals surface area contributed by atoms with Gasteiger partial charge in [0.1, 0.15) is 11.3 Å². The summed E-state index contributed by atoms with van der Waals surface area (Å²) in [7, 11) is 0. The average molecular weight is 288 g/mol. The lowest BCUT2D eigenvalue weighted by Crippen LogP contribution is -2.15. The van der Waals surface area contributed by atoms with Crippen molar-refractivity contribution in [2.75, 3.05) is 5.32 Å². The van der Waals surface area contributed by atoms with Gasteiger partial charge in [0.15, 0.2) is 11.0 Å². The molecule has 1 N–H and O–H groups in total. The van der Waals surface area contributed by atoms with Gasteiger partial charge in [0.25, 0.3) is 0 Å². The molecule has 0 atom stereocenters.